The molecule has 0 bridgehead atoms. The molecule has 1 aliphatic heterocycles. The van der Waals surface area contributed by atoms with Gasteiger partial charge in [-0.15, -0.1) is 0 Å². The molecule has 0 aromatic heterocycles. The predicted octanol–water partition coefficient (Wildman–Crippen LogP) is 3.86. The van der Waals surface area contributed by atoms with Gasteiger partial charge in [0.2, 0.25) is 6.79 Å². The molecule has 3 aromatic carbocycles. The fourth-order valence-electron chi connectivity index (χ4n) is 3.04. The highest BCUT2D eigenvalue weighted by Gasteiger charge is 2.24. The molecular weight excluding hydrogens is 383 g/mol. The van der Waals surface area contributed by atoms with Crippen molar-refractivity contribution < 1.29 is 27.1 Å². The van der Waals surface area contributed by atoms with Crippen molar-refractivity contribution in [1.82, 2.24) is 0 Å². The van der Waals surface area contributed by atoms with Crippen LogP contribution in [0.15, 0.2) is 65.6 Å². The Morgan fingerprint density at radius 3 is 2.21 bits per heavy atom. The third-order valence-corrected chi connectivity index (χ3v) is 5.60. The van der Waals surface area contributed by atoms with Crippen molar-refractivity contribution >= 4 is 15.6 Å². The average molecular weight is 398 g/mol. The average Bonchev–Trinajstić information content (AvgIpc) is 3.14. The van der Waals surface area contributed by atoms with Gasteiger partial charge in [-0.1, -0.05) is 24.3 Å². The smallest absolute Gasteiger partial charge is 0.231 e. The molecule has 0 radical (unpaired) electrons. The van der Waals surface area contributed by atoms with Gasteiger partial charge in [-0.25, -0.2) is 12.8 Å². The Bertz CT molecular complexity index is 1180. The molecule has 1 heterocycles. The second-order valence-electron chi connectivity index (χ2n) is 6.36. The fraction of sp³-hybridized carbons (Fsp3) is 0.0952. The third kappa shape index (κ3) is 3.25. The van der Waals surface area contributed by atoms with E-state index in [0.717, 1.165) is 6.26 Å². The summed E-state index contributed by atoms with van der Waals surface area (Å²) in [6, 6.07) is 15.0. The van der Waals surface area contributed by atoms with Crippen LogP contribution in [0.5, 0.6) is 11.5 Å². The van der Waals surface area contributed by atoms with Crippen LogP contribution in [0.2, 0.25) is 0 Å². The van der Waals surface area contributed by atoms with E-state index in [-0.39, 0.29) is 22.8 Å². The number of carbonyl (C=O) groups excluding carboxylic acids is 1. The van der Waals surface area contributed by atoms with E-state index >= 15 is 0 Å². The fourth-order valence-corrected chi connectivity index (χ4v) is 3.67. The molecule has 1 aliphatic rings. The maximum Gasteiger partial charge on any atom is 0.231 e. The summed E-state index contributed by atoms with van der Waals surface area (Å²) in [4.78, 5) is 13.2. The first-order valence-corrected chi connectivity index (χ1v) is 10.3. The summed E-state index contributed by atoms with van der Waals surface area (Å²) >= 11 is 0. The van der Waals surface area contributed by atoms with Gasteiger partial charge >= 0.3 is 0 Å². The molecule has 0 unspecified atom stereocenters. The van der Waals surface area contributed by atoms with Gasteiger partial charge in [0.25, 0.3) is 0 Å². The number of sulfone groups is 1. The van der Waals surface area contributed by atoms with E-state index in [2.05, 4.69) is 0 Å². The number of carbonyl (C=O) groups is 1. The van der Waals surface area contributed by atoms with Gasteiger partial charge in [0.05, 0.1) is 10.5 Å². The van der Waals surface area contributed by atoms with Gasteiger partial charge in [-0.2, -0.15) is 0 Å². The highest BCUT2D eigenvalue weighted by Crippen LogP contribution is 2.40. The SMILES string of the molecule is CS(=O)(=O)c1ccc(-c2cc3c(cc2C(=O)c2ccccc2F)OCO3)cc1. The standard InChI is InChI=1S/C21H15FO5S/c1-28(24,25)14-8-6-13(7-9-14)16-10-19-20(27-12-26-19)11-17(16)21(23)15-4-2-3-5-18(15)22/h2-11H,12H2,1H3. The van der Waals surface area contributed by atoms with E-state index in [0.29, 0.717) is 22.6 Å². The highest BCUT2D eigenvalue weighted by atomic mass is 32.2. The van der Waals surface area contributed by atoms with E-state index in [9.17, 15) is 17.6 Å². The second kappa shape index (κ2) is 6.76. The molecule has 0 saturated carbocycles. The summed E-state index contributed by atoms with van der Waals surface area (Å²) in [7, 11) is -3.35. The van der Waals surface area contributed by atoms with Crippen LogP contribution in [0.4, 0.5) is 4.39 Å². The first kappa shape index (κ1) is 18.2. The van der Waals surface area contributed by atoms with E-state index < -0.39 is 21.4 Å². The van der Waals surface area contributed by atoms with Crippen LogP contribution in [0, 0.1) is 5.82 Å². The van der Waals surface area contributed by atoms with Crippen LogP contribution in [-0.2, 0) is 9.84 Å². The summed E-state index contributed by atoms with van der Waals surface area (Å²) < 4.78 is 48.3. The van der Waals surface area contributed by atoms with Crippen LogP contribution in [0.25, 0.3) is 11.1 Å². The largest absolute Gasteiger partial charge is 0.454 e. The highest BCUT2D eigenvalue weighted by molar-refractivity contribution is 7.90. The molecule has 0 aliphatic carbocycles. The Hall–Kier alpha value is -3.19. The summed E-state index contributed by atoms with van der Waals surface area (Å²) in [6.07, 6.45) is 1.12. The summed E-state index contributed by atoms with van der Waals surface area (Å²) in [5, 5.41) is 0. The van der Waals surface area contributed by atoms with Crippen molar-refractivity contribution in [3.63, 3.8) is 0 Å². The number of halogens is 1. The minimum atomic E-state index is -3.35. The van der Waals surface area contributed by atoms with Crippen LogP contribution in [0.1, 0.15) is 15.9 Å². The number of ketones is 1. The number of rotatable bonds is 4. The number of benzene rings is 3. The maximum atomic E-state index is 14.2. The lowest BCUT2D eigenvalue weighted by Crippen LogP contribution is -2.06. The predicted molar refractivity (Wildman–Crippen MR) is 101 cm³/mol. The number of ether oxygens (including phenoxy) is 2. The normalized spacial score (nSPS) is 12.8. The van der Waals surface area contributed by atoms with Gasteiger partial charge in [-0.05, 0) is 47.5 Å². The molecule has 0 fully saturated rings. The number of fused-ring (bicyclic) bond motifs is 1. The molecule has 0 amide bonds. The maximum absolute atomic E-state index is 14.2. The quantitative estimate of drug-likeness (QED) is 0.625. The van der Waals surface area contributed by atoms with Crippen molar-refractivity contribution in [2.24, 2.45) is 0 Å². The Morgan fingerprint density at radius 2 is 1.57 bits per heavy atom. The van der Waals surface area contributed by atoms with Gasteiger partial charge in [0, 0.05) is 11.8 Å². The summed E-state index contributed by atoms with van der Waals surface area (Å²) in [5.41, 5.74) is 1.28. The molecule has 142 valence electrons. The van der Waals surface area contributed by atoms with Gasteiger partial charge < -0.3 is 9.47 Å². The van der Waals surface area contributed by atoms with Crippen LogP contribution in [0.3, 0.4) is 0 Å². The number of hydrogen-bond donors (Lipinski definition) is 0. The summed E-state index contributed by atoms with van der Waals surface area (Å²) in [5.74, 6) is -0.259. The zero-order chi connectivity index (χ0) is 19.9. The van der Waals surface area contributed by atoms with E-state index in [4.69, 9.17) is 9.47 Å². The zero-order valence-electron chi connectivity index (χ0n) is 14.8. The van der Waals surface area contributed by atoms with Crippen molar-refractivity contribution in [3.05, 3.63) is 77.6 Å². The van der Waals surface area contributed by atoms with Crippen LogP contribution in [-0.4, -0.2) is 27.2 Å². The lowest BCUT2D eigenvalue weighted by molar-refractivity contribution is 0.103. The first-order chi connectivity index (χ1) is 13.3. The monoisotopic (exact) mass is 398 g/mol. The third-order valence-electron chi connectivity index (χ3n) is 4.47. The minimum absolute atomic E-state index is 0.0269. The molecule has 28 heavy (non-hydrogen) atoms. The van der Waals surface area contributed by atoms with Crippen LogP contribution < -0.4 is 9.47 Å². The second-order valence-corrected chi connectivity index (χ2v) is 8.37. The summed E-state index contributed by atoms with van der Waals surface area (Å²) in [6.45, 7) is 0.0269. The minimum Gasteiger partial charge on any atom is -0.454 e. The zero-order valence-corrected chi connectivity index (χ0v) is 15.6. The van der Waals surface area contributed by atoms with Crippen molar-refractivity contribution in [2.45, 2.75) is 4.90 Å². The molecule has 7 heteroatoms. The molecule has 0 N–H and O–H groups in total. The van der Waals surface area contributed by atoms with Crippen molar-refractivity contribution in [2.75, 3.05) is 13.0 Å². The Labute approximate surface area is 161 Å². The molecule has 0 saturated heterocycles. The Balaban J connectivity index is 1.87. The molecule has 3 aromatic rings. The van der Waals surface area contributed by atoms with E-state index in [1.807, 2.05) is 0 Å². The molecule has 0 atom stereocenters. The molecule has 4 rings (SSSR count). The topological polar surface area (TPSA) is 69.7 Å². The van der Waals surface area contributed by atoms with Crippen LogP contribution >= 0.6 is 0 Å². The van der Waals surface area contributed by atoms with E-state index in [1.54, 1.807) is 24.3 Å². The molecule has 0 spiro atoms. The number of hydrogen-bond acceptors (Lipinski definition) is 5. The van der Waals surface area contributed by atoms with Gasteiger partial charge in [0.15, 0.2) is 27.1 Å². The van der Waals surface area contributed by atoms with E-state index in [1.165, 1.54) is 36.4 Å². The van der Waals surface area contributed by atoms with Gasteiger partial charge in [0.1, 0.15) is 5.82 Å². The van der Waals surface area contributed by atoms with Crippen molar-refractivity contribution in [1.29, 1.82) is 0 Å². The van der Waals surface area contributed by atoms with Crippen molar-refractivity contribution in [3.8, 4) is 22.6 Å². The Morgan fingerprint density at radius 1 is 0.929 bits per heavy atom. The van der Waals surface area contributed by atoms with Gasteiger partial charge in [-0.3, -0.25) is 4.79 Å². The lowest BCUT2D eigenvalue weighted by Gasteiger charge is -2.12. The molecular formula is C21H15FO5S. The molecule has 5 nitrogen and oxygen atoms in total. The Kier molecular flexibility index (Phi) is 4.39. The first-order valence-electron chi connectivity index (χ1n) is 8.38. The lowest BCUT2D eigenvalue weighted by atomic mass is 9.93.